The van der Waals surface area contributed by atoms with Gasteiger partial charge in [0.15, 0.2) is 0 Å². The first-order valence-corrected chi connectivity index (χ1v) is 8.58. The van der Waals surface area contributed by atoms with Crippen molar-refractivity contribution in [2.75, 3.05) is 20.2 Å². The average Bonchev–Trinajstić information content (AvgIpc) is 3.02. The maximum atomic E-state index is 5.95. The van der Waals surface area contributed by atoms with Gasteiger partial charge in [-0.2, -0.15) is 0 Å². The molecule has 1 aromatic rings. The lowest BCUT2D eigenvalue weighted by Crippen LogP contribution is -2.57. The quantitative estimate of drug-likeness (QED) is 0.828. The second kappa shape index (κ2) is 5.94. The van der Waals surface area contributed by atoms with Crippen molar-refractivity contribution in [3.8, 4) is 0 Å². The highest BCUT2D eigenvalue weighted by Crippen LogP contribution is 2.46. The van der Waals surface area contributed by atoms with E-state index < -0.39 is 0 Å². The Labute approximate surface area is 120 Å². The zero-order valence-corrected chi connectivity index (χ0v) is 12.8. The topological polar surface area (TPSA) is 12.5 Å². The van der Waals surface area contributed by atoms with Crippen LogP contribution in [-0.4, -0.2) is 31.2 Å². The predicted octanol–water partition coefficient (Wildman–Crippen LogP) is 4.02. The Kier molecular flexibility index (Phi) is 4.25. The SMILES string of the molecule is COC1CCCCC1(c1cccs1)N1CCCCC1. The zero-order chi connectivity index (χ0) is 13.1. The molecule has 2 heterocycles. The molecule has 2 aliphatic rings. The van der Waals surface area contributed by atoms with E-state index in [0.29, 0.717) is 6.10 Å². The van der Waals surface area contributed by atoms with Gasteiger partial charge in [0, 0.05) is 12.0 Å². The van der Waals surface area contributed by atoms with Crippen LogP contribution < -0.4 is 0 Å². The number of likely N-dealkylation sites (tertiary alicyclic amines) is 1. The molecule has 1 aliphatic carbocycles. The number of ether oxygens (including phenoxy) is 1. The molecule has 0 bridgehead atoms. The maximum absolute atomic E-state index is 5.95. The van der Waals surface area contributed by atoms with Crippen molar-refractivity contribution in [1.82, 2.24) is 4.90 Å². The molecule has 0 N–H and O–H groups in total. The van der Waals surface area contributed by atoms with E-state index in [1.165, 1.54) is 62.9 Å². The third kappa shape index (κ3) is 2.37. The molecule has 2 atom stereocenters. The summed E-state index contributed by atoms with van der Waals surface area (Å²) >= 11 is 1.92. The fourth-order valence-corrected chi connectivity index (χ4v) is 5.08. The van der Waals surface area contributed by atoms with Crippen LogP contribution in [0.15, 0.2) is 17.5 Å². The van der Waals surface area contributed by atoms with Crippen LogP contribution >= 0.6 is 11.3 Å². The van der Waals surface area contributed by atoms with E-state index in [2.05, 4.69) is 22.4 Å². The predicted molar refractivity (Wildman–Crippen MR) is 80.7 cm³/mol. The summed E-state index contributed by atoms with van der Waals surface area (Å²) < 4.78 is 5.95. The molecule has 1 aliphatic heterocycles. The van der Waals surface area contributed by atoms with E-state index in [1.54, 1.807) is 0 Å². The Hall–Kier alpha value is -0.380. The zero-order valence-electron chi connectivity index (χ0n) is 11.9. The van der Waals surface area contributed by atoms with E-state index in [-0.39, 0.29) is 5.54 Å². The summed E-state index contributed by atoms with van der Waals surface area (Å²) in [6, 6.07) is 4.53. The van der Waals surface area contributed by atoms with Gasteiger partial charge >= 0.3 is 0 Å². The Morgan fingerprint density at radius 3 is 2.74 bits per heavy atom. The normalized spacial score (nSPS) is 33.4. The molecule has 3 rings (SSSR count). The van der Waals surface area contributed by atoms with E-state index in [4.69, 9.17) is 4.74 Å². The van der Waals surface area contributed by atoms with Crippen LogP contribution in [0.25, 0.3) is 0 Å². The lowest BCUT2D eigenvalue weighted by molar-refractivity contribution is -0.0893. The van der Waals surface area contributed by atoms with Crippen LogP contribution in [0.2, 0.25) is 0 Å². The van der Waals surface area contributed by atoms with Gasteiger partial charge < -0.3 is 4.74 Å². The van der Waals surface area contributed by atoms with Gasteiger partial charge in [0.2, 0.25) is 0 Å². The van der Waals surface area contributed by atoms with Crippen LogP contribution in [-0.2, 0) is 10.3 Å². The minimum atomic E-state index is 0.168. The molecule has 2 nitrogen and oxygen atoms in total. The number of hydrogen-bond donors (Lipinski definition) is 0. The summed E-state index contributed by atoms with van der Waals surface area (Å²) in [5, 5.41) is 2.22. The fraction of sp³-hybridized carbons (Fsp3) is 0.750. The number of rotatable bonds is 3. The van der Waals surface area contributed by atoms with Gasteiger partial charge in [0.1, 0.15) is 0 Å². The summed E-state index contributed by atoms with van der Waals surface area (Å²) in [6.07, 6.45) is 9.62. The first kappa shape index (κ1) is 13.6. The van der Waals surface area contributed by atoms with Crippen molar-refractivity contribution in [2.45, 2.75) is 56.6 Å². The number of thiophene rings is 1. The first-order chi connectivity index (χ1) is 9.38. The Morgan fingerprint density at radius 1 is 1.21 bits per heavy atom. The molecule has 0 radical (unpaired) electrons. The Bertz CT molecular complexity index is 385. The van der Waals surface area contributed by atoms with Crippen LogP contribution in [0.4, 0.5) is 0 Å². The van der Waals surface area contributed by atoms with Gasteiger partial charge in [0.05, 0.1) is 11.6 Å². The molecule has 0 aromatic carbocycles. The van der Waals surface area contributed by atoms with E-state index >= 15 is 0 Å². The summed E-state index contributed by atoms with van der Waals surface area (Å²) in [5.74, 6) is 0. The summed E-state index contributed by atoms with van der Waals surface area (Å²) in [7, 11) is 1.91. The van der Waals surface area contributed by atoms with Crippen LogP contribution in [0.5, 0.6) is 0 Å². The molecule has 1 saturated heterocycles. The molecule has 1 aromatic heterocycles. The first-order valence-electron chi connectivity index (χ1n) is 7.70. The number of piperidine rings is 1. The third-order valence-corrected chi connectivity index (χ3v) is 6.00. The minimum Gasteiger partial charge on any atom is -0.379 e. The molecule has 106 valence electrons. The second-order valence-corrected chi connectivity index (χ2v) is 6.87. The van der Waals surface area contributed by atoms with Crippen molar-refractivity contribution in [2.24, 2.45) is 0 Å². The molecule has 1 saturated carbocycles. The summed E-state index contributed by atoms with van der Waals surface area (Å²) in [6.45, 7) is 2.50. The third-order valence-electron chi connectivity index (χ3n) is 4.96. The van der Waals surface area contributed by atoms with Gasteiger partial charge in [-0.15, -0.1) is 11.3 Å². The highest BCUT2D eigenvalue weighted by molar-refractivity contribution is 7.10. The van der Waals surface area contributed by atoms with Crippen LogP contribution in [0.3, 0.4) is 0 Å². The summed E-state index contributed by atoms with van der Waals surface area (Å²) in [4.78, 5) is 4.27. The van der Waals surface area contributed by atoms with Gasteiger partial charge in [-0.25, -0.2) is 0 Å². The van der Waals surface area contributed by atoms with Crippen molar-refractivity contribution in [3.05, 3.63) is 22.4 Å². The van der Waals surface area contributed by atoms with Gasteiger partial charge in [0.25, 0.3) is 0 Å². The fourth-order valence-electron chi connectivity index (χ4n) is 4.05. The van der Waals surface area contributed by atoms with Crippen molar-refractivity contribution in [1.29, 1.82) is 0 Å². The number of methoxy groups -OCH3 is 1. The van der Waals surface area contributed by atoms with E-state index in [1.807, 2.05) is 18.4 Å². The average molecular weight is 279 g/mol. The highest BCUT2D eigenvalue weighted by Gasteiger charge is 2.47. The summed E-state index contributed by atoms with van der Waals surface area (Å²) in [5.41, 5.74) is 0.168. The van der Waals surface area contributed by atoms with Crippen LogP contribution in [0.1, 0.15) is 49.8 Å². The van der Waals surface area contributed by atoms with Gasteiger partial charge in [-0.3, -0.25) is 4.90 Å². The highest BCUT2D eigenvalue weighted by atomic mass is 32.1. The molecular formula is C16H25NOS. The molecule has 2 unspecified atom stereocenters. The maximum Gasteiger partial charge on any atom is 0.0818 e. The standard InChI is InChI=1S/C16H25NOS/c1-18-14-8-3-4-10-16(14,15-9-7-13-19-15)17-11-5-2-6-12-17/h7,9,13-14H,2-6,8,10-12H2,1H3. The molecule has 19 heavy (non-hydrogen) atoms. The molecule has 2 fully saturated rings. The monoisotopic (exact) mass is 279 g/mol. The van der Waals surface area contributed by atoms with Crippen molar-refractivity contribution >= 4 is 11.3 Å². The second-order valence-electron chi connectivity index (χ2n) is 5.92. The van der Waals surface area contributed by atoms with Gasteiger partial charge in [-0.05, 0) is 50.2 Å². The Morgan fingerprint density at radius 2 is 2.05 bits per heavy atom. The lowest BCUT2D eigenvalue weighted by atomic mass is 9.75. The van der Waals surface area contributed by atoms with E-state index in [0.717, 1.165) is 0 Å². The largest absolute Gasteiger partial charge is 0.379 e. The molecule has 3 heteroatoms. The molecular weight excluding hydrogens is 254 g/mol. The van der Waals surface area contributed by atoms with Crippen LogP contribution in [0, 0.1) is 0 Å². The number of hydrogen-bond acceptors (Lipinski definition) is 3. The minimum absolute atomic E-state index is 0.168. The molecule has 0 amide bonds. The smallest absolute Gasteiger partial charge is 0.0818 e. The van der Waals surface area contributed by atoms with Gasteiger partial charge in [-0.1, -0.05) is 25.3 Å². The number of nitrogens with zero attached hydrogens (tertiary/aromatic N) is 1. The Balaban J connectivity index is 1.98. The molecule has 0 spiro atoms. The lowest BCUT2D eigenvalue weighted by Gasteiger charge is -2.51. The van der Waals surface area contributed by atoms with Crippen molar-refractivity contribution in [3.63, 3.8) is 0 Å². The van der Waals surface area contributed by atoms with E-state index in [9.17, 15) is 0 Å². The van der Waals surface area contributed by atoms with Crippen molar-refractivity contribution < 1.29 is 4.74 Å².